The number of carbonyl (C=O) groups excluding carboxylic acids is 1. The summed E-state index contributed by atoms with van der Waals surface area (Å²) in [6.07, 6.45) is 2.08. The molecule has 0 radical (unpaired) electrons. The Labute approximate surface area is 157 Å². The minimum absolute atomic E-state index is 0.0386. The number of carbonyl (C=O) groups is 1. The van der Waals surface area contributed by atoms with Crippen LogP contribution in [-0.4, -0.2) is 29.0 Å². The highest BCUT2D eigenvalue weighted by molar-refractivity contribution is 7.13. The van der Waals surface area contributed by atoms with Gasteiger partial charge in [-0.05, 0) is 29.2 Å². The van der Waals surface area contributed by atoms with Gasteiger partial charge >= 0.3 is 0 Å². The molecule has 26 heavy (non-hydrogen) atoms. The van der Waals surface area contributed by atoms with E-state index in [0.717, 1.165) is 27.1 Å². The fourth-order valence-corrected chi connectivity index (χ4v) is 3.68. The summed E-state index contributed by atoms with van der Waals surface area (Å²) < 4.78 is 0. The maximum Gasteiger partial charge on any atom is 0.195 e. The zero-order chi connectivity index (χ0) is 18.4. The summed E-state index contributed by atoms with van der Waals surface area (Å²) >= 11 is 1.41. The van der Waals surface area contributed by atoms with E-state index in [2.05, 4.69) is 35.4 Å². The predicted octanol–water partition coefficient (Wildman–Crippen LogP) is 3.63. The number of thiazole rings is 1. The van der Waals surface area contributed by atoms with Crippen LogP contribution in [0.1, 0.15) is 25.8 Å². The number of nitrogens with one attached hydrogen (secondary N) is 1. The molecule has 0 saturated carbocycles. The average Bonchev–Trinajstić information content (AvgIpc) is 3.13. The molecule has 0 aliphatic heterocycles. The first-order valence-corrected chi connectivity index (χ1v) is 9.44. The molecule has 4 nitrogen and oxygen atoms in total. The van der Waals surface area contributed by atoms with Gasteiger partial charge in [0.2, 0.25) is 0 Å². The highest BCUT2D eigenvalue weighted by Gasteiger charge is 2.15. The number of aliphatic hydroxyl groups excluding tert-OH is 1. The van der Waals surface area contributed by atoms with Crippen LogP contribution in [0.2, 0.25) is 0 Å². The van der Waals surface area contributed by atoms with Gasteiger partial charge in [0.15, 0.2) is 10.8 Å². The van der Waals surface area contributed by atoms with Gasteiger partial charge in [-0.15, -0.1) is 11.3 Å². The minimum Gasteiger partial charge on any atom is -0.395 e. The second-order valence-corrected chi connectivity index (χ2v) is 7.20. The lowest BCUT2D eigenvalue weighted by Gasteiger charge is -2.11. The maximum atomic E-state index is 12.6. The molecular weight excluding hydrogens is 344 g/mol. The van der Waals surface area contributed by atoms with Crippen LogP contribution in [0, 0.1) is 6.92 Å². The van der Waals surface area contributed by atoms with Crippen molar-refractivity contribution in [3.63, 3.8) is 0 Å². The first kappa shape index (κ1) is 18.5. The van der Waals surface area contributed by atoms with Crippen LogP contribution < -0.4 is 5.32 Å². The summed E-state index contributed by atoms with van der Waals surface area (Å²) in [5.74, 6) is 0.0386. The van der Waals surface area contributed by atoms with E-state index in [1.807, 2.05) is 30.3 Å². The molecule has 1 heterocycles. The quantitative estimate of drug-likeness (QED) is 0.472. The predicted molar refractivity (Wildman–Crippen MR) is 106 cm³/mol. The third kappa shape index (κ3) is 4.43. The normalized spacial score (nSPS) is 10.8. The molecule has 0 amide bonds. The lowest BCUT2D eigenvalue weighted by atomic mass is 9.94. The lowest BCUT2D eigenvalue weighted by molar-refractivity contribution is 0.0992. The fourth-order valence-electron chi connectivity index (χ4n) is 2.86. The van der Waals surface area contributed by atoms with Gasteiger partial charge in [-0.3, -0.25) is 4.79 Å². The van der Waals surface area contributed by atoms with Crippen molar-refractivity contribution in [2.45, 2.75) is 19.9 Å². The molecule has 0 spiro atoms. The number of aromatic nitrogens is 1. The summed E-state index contributed by atoms with van der Waals surface area (Å²) in [6.45, 7) is 3.32. The molecule has 0 unspecified atom stereocenters. The molecule has 5 heteroatoms. The van der Waals surface area contributed by atoms with E-state index < -0.39 is 0 Å². The molecule has 3 aromatic rings. The van der Waals surface area contributed by atoms with Gasteiger partial charge in [0.25, 0.3) is 0 Å². The highest BCUT2D eigenvalue weighted by atomic mass is 32.1. The summed E-state index contributed by atoms with van der Waals surface area (Å²) in [6, 6.07) is 16.3. The number of nitrogens with zero attached hydrogens (tertiary/aromatic N) is 1. The Kier molecular flexibility index (Phi) is 6.28. The minimum atomic E-state index is 0.0386. The third-order valence-corrected chi connectivity index (χ3v) is 5.30. The van der Waals surface area contributed by atoms with Gasteiger partial charge in [0, 0.05) is 30.6 Å². The van der Waals surface area contributed by atoms with Crippen LogP contribution in [0.25, 0.3) is 11.1 Å². The number of rotatable bonds is 8. The van der Waals surface area contributed by atoms with E-state index in [0.29, 0.717) is 24.5 Å². The van der Waals surface area contributed by atoms with E-state index in [9.17, 15) is 4.79 Å². The average molecular weight is 366 g/mol. The molecular formula is C21H22N2O2S. The number of ketones is 1. The molecule has 0 bridgehead atoms. The largest absolute Gasteiger partial charge is 0.395 e. The summed E-state index contributed by atoms with van der Waals surface area (Å²) in [4.78, 5) is 17.9. The Balaban J connectivity index is 1.74. The SMILES string of the molecule is Cc1c(CC(=O)c2ncc(CNCCO)s2)cccc1-c1ccccc1. The zero-order valence-electron chi connectivity index (χ0n) is 14.7. The monoisotopic (exact) mass is 366 g/mol. The molecule has 0 aliphatic carbocycles. The van der Waals surface area contributed by atoms with E-state index in [1.54, 1.807) is 6.20 Å². The van der Waals surface area contributed by atoms with Crippen LogP contribution in [0.5, 0.6) is 0 Å². The second-order valence-electron chi connectivity index (χ2n) is 6.09. The lowest BCUT2D eigenvalue weighted by Crippen LogP contribution is -2.16. The van der Waals surface area contributed by atoms with E-state index in [1.165, 1.54) is 11.3 Å². The van der Waals surface area contributed by atoms with Crippen molar-refractivity contribution in [1.82, 2.24) is 10.3 Å². The van der Waals surface area contributed by atoms with Crippen LogP contribution >= 0.6 is 11.3 Å². The zero-order valence-corrected chi connectivity index (χ0v) is 15.6. The number of hydrogen-bond donors (Lipinski definition) is 2. The van der Waals surface area contributed by atoms with Crippen molar-refractivity contribution >= 4 is 17.1 Å². The Morgan fingerprint density at radius 3 is 2.73 bits per heavy atom. The first-order valence-electron chi connectivity index (χ1n) is 8.62. The second kappa shape index (κ2) is 8.85. The van der Waals surface area contributed by atoms with Crippen LogP contribution in [0.4, 0.5) is 0 Å². The van der Waals surface area contributed by atoms with E-state index in [4.69, 9.17) is 5.11 Å². The Bertz CT molecular complexity index is 875. The van der Waals surface area contributed by atoms with Crippen molar-refractivity contribution in [3.05, 3.63) is 75.7 Å². The molecule has 3 rings (SSSR count). The molecule has 134 valence electrons. The van der Waals surface area contributed by atoms with Crippen LogP contribution in [0.15, 0.2) is 54.7 Å². The van der Waals surface area contributed by atoms with Crippen molar-refractivity contribution in [1.29, 1.82) is 0 Å². The fraction of sp³-hybridized carbons (Fsp3) is 0.238. The van der Waals surface area contributed by atoms with Gasteiger partial charge in [0.05, 0.1) is 6.61 Å². The summed E-state index contributed by atoms with van der Waals surface area (Å²) in [5.41, 5.74) is 4.48. The van der Waals surface area contributed by atoms with Gasteiger partial charge < -0.3 is 10.4 Å². The third-order valence-electron chi connectivity index (χ3n) is 4.26. The van der Waals surface area contributed by atoms with Gasteiger partial charge in [-0.2, -0.15) is 0 Å². The topological polar surface area (TPSA) is 62.2 Å². The van der Waals surface area contributed by atoms with E-state index >= 15 is 0 Å². The Morgan fingerprint density at radius 2 is 1.96 bits per heavy atom. The van der Waals surface area contributed by atoms with Crippen molar-refractivity contribution in [2.24, 2.45) is 0 Å². The number of benzene rings is 2. The van der Waals surface area contributed by atoms with Crippen molar-refractivity contribution in [3.8, 4) is 11.1 Å². The van der Waals surface area contributed by atoms with E-state index in [-0.39, 0.29) is 12.4 Å². The molecule has 0 aliphatic rings. The smallest absolute Gasteiger partial charge is 0.195 e. The molecule has 0 fully saturated rings. The number of Topliss-reactive ketones (excluding diaryl/α,β-unsaturated/α-hetero) is 1. The first-order chi connectivity index (χ1) is 12.7. The highest BCUT2D eigenvalue weighted by Crippen LogP contribution is 2.26. The van der Waals surface area contributed by atoms with Gasteiger partial charge in [0.1, 0.15) is 0 Å². The molecule has 0 saturated heterocycles. The van der Waals surface area contributed by atoms with Gasteiger partial charge in [-0.25, -0.2) is 4.98 Å². The van der Waals surface area contributed by atoms with Crippen molar-refractivity contribution < 1.29 is 9.90 Å². The molecule has 2 N–H and O–H groups in total. The summed E-state index contributed by atoms with van der Waals surface area (Å²) in [5, 5.41) is 12.4. The number of aliphatic hydroxyl groups is 1. The van der Waals surface area contributed by atoms with Crippen LogP contribution in [-0.2, 0) is 13.0 Å². The van der Waals surface area contributed by atoms with Crippen LogP contribution in [0.3, 0.4) is 0 Å². The molecule has 2 aromatic carbocycles. The Morgan fingerprint density at radius 1 is 1.15 bits per heavy atom. The number of hydrogen-bond acceptors (Lipinski definition) is 5. The molecule has 0 atom stereocenters. The Hall–Kier alpha value is -2.34. The van der Waals surface area contributed by atoms with Crippen molar-refractivity contribution in [2.75, 3.05) is 13.2 Å². The summed E-state index contributed by atoms with van der Waals surface area (Å²) in [7, 11) is 0. The van der Waals surface area contributed by atoms with Gasteiger partial charge in [-0.1, -0.05) is 48.5 Å². The molecule has 1 aromatic heterocycles. The maximum absolute atomic E-state index is 12.6. The standard InChI is InChI=1S/C21H22N2O2S/c1-15-17(8-5-9-19(15)16-6-3-2-4-7-16)12-20(25)21-23-14-18(26-21)13-22-10-11-24/h2-9,14,22,24H,10-13H2,1H3.